The van der Waals surface area contributed by atoms with E-state index in [1.165, 1.54) is 4.90 Å². The number of carboxylic acid groups (broad SMARTS) is 1. The number of aliphatic carboxylic acids is 1. The van der Waals surface area contributed by atoms with Crippen LogP contribution >= 0.6 is 0 Å². The van der Waals surface area contributed by atoms with E-state index in [2.05, 4.69) is 31.1 Å². The van der Waals surface area contributed by atoms with Gasteiger partial charge in [0.1, 0.15) is 42.7 Å². The second-order valence-corrected chi connectivity index (χ2v) is 13.5. The smallest absolute Gasteiger partial charge is 0.326 e. The molecule has 4 N–H and O–H groups in total. The Labute approximate surface area is 263 Å². The molecule has 2 unspecified atom stereocenters. The van der Waals surface area contributed by atoms with Crippen LogP contribution in [0.15, 0.2) is 12.4 Å². The third-order valence-electron chi connectivity index (χ3n) is 7.43. The van der Waals surface area contributed by atoms with Crippen LogP contribution in [0.25, 0.3) is 0 Å². The fourth-order valence-corrected chi connectivity index (χ4v) is 4.67. The molecule has 12 heteroatoms. The summed E-state index contributed by atoms with van der Waals surface area (Å²) in [6.45, 7) is 15.0. The molecule has 1 aromatic rings. The average Bonchev–Trinajstić information content (AvgIpc) is 3.32. The third kappa shape index (κ3) is 15.7. The number of ether oxygens (including phenoxy) is 2. The van der Waals surface area contributed by atoms with Crippen molar-refractivity contribution in [3.05, 3.63) is 18.2 Å². The molecule has 0 saturated carbocycles. The monoisotopic (exact) mass is 623 g/mol. The van der Waals surface area contributed by atoms with Crippen LogP contribution in [-0.4, -0.2) is 85.8 Å². The van der Waals surface area contributed by atoms with Crippen molar-refractivity contribution in [1.29, 1.82) is 0 Å². The van der Waals surface area contributed by atoms with Gasteiger partial charge in [-0.3, -0.25) is 19.2 Å². The number of rotatable bonds is 21. The maximum Gasteiger partial charge on any atom is 0.326 e. The molecule has 0 saturated heterocycles. The van der Waals surface area contributed by atoms with E-state index in [4.69, 9.17) is 20.3 Å². The van der Waals surface area contributed by atoms with E-state index in [9.17, 15) is 19.2 Å². The van der Waals surface area contributed by atoms with Crippen LogP contribution in [0.4, 0.5) is 0 Å². The average molecular weight is 624 g/mol. The molecule has 1 amide bonds. The fourth-order valence-electron chi connectivity index (χ4n) is 4.67. The highest BCUT2D eigenvalue weighted by molar-refractivity contribution is 5.86. The molecule has 0 bridgehead atoms. The van der Waals surface area contributed by atoms with Gasteiger partial charge in [0.05, 0.1) is 0 Å². The molecule has 1 aromatic heterocycles. The highest BCUT2D eigenvalue weighted by Crippen LogP contribution is 2.20. The molecule has 0 fully saturated rings. The summed E-state index contributed by atoms with van der Waals surface area (Å²) in [5.41, 5.74) is 3.83. The minimum Gasteiger partial charge on any atom is -0.480 e. The SMILES string of the molecule is CCCCCC(C)(C)OC(=O)CN(CC(=O)OC(C)(C)C)C(=O)Cn1ccnc1CC(C)(CC)NCCCCC(N)C(=O)O. The van der Waals surface area contributed by atoms with Crippen molar-refractivity contribution in [2.45, 2.75) is 143 Å². The Morgan fingerprint density at radius 1 is 1.00 bits per heavy atom. The number of imidazole rings is 1. The Morgan fingerprint density at radius 3 is 2.20 bits per heavy atom. The quantitative estimate of drug-likeness (QED) is 0.135. The van der Waals surface area contributed by atoms with Gasteiger partial charge in [-0.05, 0) is 80.2 Å². The number of esters is 2. The van der Waals surface area contributed by atoms with Gasteiger partial charge in [0.2, 0.25) is 5.91 Å². The lowest BCUT2D eigenvalue weighted by molar-refractivity contribution is -0.165. The Hall–Kier alpha value is -2.99. The maximum atomic E-state index is 13.6. The van der Waals surface area contributed by atoms with Crippen molar-refractivity contribution < 1.29 is 33.8 Å². The van der Waals surface area contributed by atoms with Crippen molar-refractivity contribution in [2.24, 2.45) is 5.73 Å². The normalized spacial score (nSPS) is 14.0. The maximum absolute atomic E-state index is 13.6. The summed E-state index contributed by atoms with van der Waals surface area (Å²) >= 11 is 0. The number of nitrogens with zero attached hydrogens (tertiary/aromatic N) is 3. The van der Waals surface area contributed by atoms with Gasteiger partial charge >= 0.3 is 17.9 Å². The molecule has 44 heavy (non-hydrogen) atoms. The first-order valence-electron chi connectivity index (χ1n) is 15.8. The summed E-state index contributed by atoms with van der Waals surface area (Å²) in [6.07, 6.45) is 10.2. The lowest BCUT2D eigenvalue weighted by Crippen LogP contribution is -2.46. The van der Waals surface area contributed by atoms with Gasteiger partial charge < -0.3 is 35.1 Å². The van der Waals surface area contributed by atoms with Crippen molar-refractivity contribution in [2.75, 3.05) is 19.6 Å². The summed E-state index contributed by atoms with van der Waals surface area (Å²) in [5.74, 6) is -1.94. The van der Waals surface area contributed by atoms with Crippen LogP contribution in [0, 0.1) is 0 Å². The van der Waals surface area contributed by atoms with E-state index in [0.717, 1.165) is 32.1 Å². The number of aromatic nitrogens is 2. The van der Waals surface area contributed by atoms with E-state index in [1.54, 1.807) is 37.7 Å². The second-order valence-electron chi connectivity index (χ2n) is 13.5. The molecule has 1 rings (SSSR count). The molecule has 0 spiro atoms. The van der Waals surface area contributed by atoms with E-state index in [0.29, 0.717) is 38.1 Å². The van der Waals surface area contributed by atoms with Crippen LogP contribution in [-0.2, 0) is 41.6 Å². The Bertz CT molecular complexity index is 1070. The third-order valence-corrected chi connectivity index (χ3v) is 7.43. The second kappa shape index (κ2) is 18.1. The number of nitrogens with one attached hydrogen (secondary N) is 1. The number of hydrogen-bond acceptors (Lipinski definition) is 9. The molecule has 12 nitrogen and oxygen atoms in total. The highest BCUT2D eigenvalue weighted by Gasteiger charge is 2.29. The van der Waals surface area contributed by atoms with E-state index in [1.807, 2.05) is 13.8 Å². The number of carbonyl (C=O) groups excluding carboxylic acids is 3. The number of nitrogens with two attached hydrogens (primary N) is 1. The van der Waals surface area contributed by atoms with Gasteiger partial charge in [0, 0.05) is 24.4 Å². The number of carbonyl (C=O) groups is 4. The Morgan fingerprint density at radius 2 is 1.64 bits per heavy atom. The first-order chi connectivity index (χ1) is 20.4. The lowest BCUT2D eigenvalue weighted by Gasteiger charge is -2.30. The minimum absolute atomic E-state index is 0.113. The lowest BCUT2D eigenvalue weighted by atomic mass is 9.93. The molecule has 2 atom stereocenters. The predicted molar refractivity (Wildman–Crippen MR) is 169 cm³/mol. The molecule has 0 aromatic carbocycles. The molecule has 0 radical (unpaired) electrons. The van der Waals surface area contributed by atoms with Gasteiger partial charge in [-0.25, -0.2) is 4.98 Å². The number of hydrogen-bond donors (Lipinski definition) is 3. The number of amides is 1. The summed E-state index contributed by atoms with van der Waals surface area (Å²) in [5, 5.41) is 12.5. The van der Waals surface area contributed by atoms with Gasteiger partial charge in [-0.2, -0.15) is 0 Å². The molecular weight excluding hydrogens is 566 g/mol. The van der Waals surface area contributed by atoms with Crippen molar-refractivity contribution >= 4 is 23.8 Å². The minimum atomic E-state index is -0.995. The van der Waals surface area contributed by atoms with Crippen molar-refractivity contribution in [3.8, 4) is 0 Å². The summed E-state index contributed by atoms with van der Waals surface area (Å²) in [7, 11) is 0. The predicted octanol–water partition coefficient (Wildman–Crippen LogP) is 3.84. The van der Waals surface area contributed by atoms with Crippen molar-refractivity contribution in [3.63, 3.8) is 0 Å². The van der Waals surface area contributed by atoms with Crippen LogP contribution in [0.1, 0.15) is 113 Å². The summed E-state index contributed by atoms with van der Waals surface area (Å²) in [6, 6.07) is -0.855. The van der Waals surface area contributed by atoms with E-state index < -0.39 is 41.1 Å². The highest BCUT2D eigenvalue weighted by atomic mass is 16.6. The largest absolute Gasteiger partial charge is 0.480 e. The molecular formula is C32H57N5O7. The van der Waals surface area contributed by atoms with Gasteiger partial charge in [-0.15, -0.1) is 0 Å². The Balaban J connectivity index is 2.95. The van der Waals surface area contributed by atoms with Gasteiger partial charge in [0.15, 0.2) is 0 Å². The first-order valence-corrected chi connectivity index (χ1v) is 15.8. The zero-order valence-electron chi connectivity index (χ0n) is 28.2. The van der Waals surface area contributed by atoms with E-state index in [-0.39, 0.29) is 25.2 Å². The molecule has 252 valence electrons. The summed E-state index contributed by atoms with van der Waals surface area (Å²) < 4.78 is 12.9. The van der Waals surface area contributed by atoms with Crippen LogP contribution < -0.4 is 11.1 Å². The molecule has 0 aliphatic rings. The van der Waals surface area contributed by atoms with Gasteiger partial charge in [-0.1, -0.05) is 33.1 Å². The van der Waals surface area contributed by atoms with Crippen molar-refractivity contribution in [1.82, 2.24) is 19.8 Å². The van der Waals surface area contributed by atoms with Crippen LogP contribution in [0.3, 0.4) is 0 Å². The van der Waals surface area contributed by atoms with Crippen LogP contribution in [0.5, 0.6) is 0 Å². The van der Waals surface area contributed by atoms with Crippen LogP contribution in [0.2, 0.25) is 0 Å². The molecule has 1 heterocycles. The number of carboxylic acids is 1. The number of unbranched alkanes of at least 4 members (excludes halogenated alkanes) is 3. The zero-order chi connectivity index (χ0) is 33.6. The summed E-state index contributed by atoms with van der Waals surface area (Å²) in [4.78, 5) is 55.8. The standard InChI is InChI=1S/C32H57N5O7/c1-9-11-13-16-31(6,7)44-28(40)23-37(22-27(39)43-30(3,4)5)26(38)21-36-19-18-34-25(36)20-32(8,10-2)35-17-14-12-15-24(33)29(41)42/h18-19,24,35H,9-17,20-23,33H2,1-8H3,(H,41,42). The first kappa shape index (κ1) is 39.0. The zero-order valence-corrected chi connectivity index (χ0v) is 28.2. The van der Waals surface area contributed by atoms with Gasteiger partial charge in [0.25, 0.3) is 0 Å². The molecule has 0 aliphatic heterocycles. The fraction of sp³-hybridized carbons (Fsp3) is 0.781. The topological polar surface area (TPSA) is 166 Å². The van der Waals surface area contributed by atoms with E-state index >= 15 is 0 Å². The Kier molecular flexibility index (Phi) is 16.1. The molecule has 0 aliphatic carbocycles.